The Balaban J connectivity index is 2.13. The van der Waals surface area contributed by atoms with Crippen LogP contribution in [0, 0.1) is 11.3 Å². The Bertz CT molecular complexity index is 223. The summed E-state index contributed by atoms with van der Waals surface area (Å²) in [6.45, 7) is 0. The Morgan fingerprint density at radius 1 is 1.27 bits per heavy atom. The van der Waals surface area contributed by atoms with Gasteiger partial charge in [0.2, 0.25) is 0 Å². The average Bonchev–Trinajstić information content (AvgIpc) is 2.84. The number of hydrogen-bond donors (Lipinski definition) is 1. The van der Waals surface area contributed by atoms with Crippen LogP contribution in [-0.2, 0) is 9.59 Å². The number of hydrogen-bond acceptors (Lipinski definition) is 2. The third-order valence-corrected chi connectivity index (χ3v) is 2.58. The first-order valence-corrected chi connectivity index (χ1v) is 3.94. The van der Waals surface area contributed by atoms with Crippen molar-refractivity contribution in [2.24, 2.45) is 11.3 Å². The molecule has 2 aliphatic rings. The Labute approximate surface area is 64.4 Å². The van der Waals surface area contributed by atoms with E-state index in [0.29, 0.717) is 12.8 Å². The highest BCUT2D eigenvalue weighted by Gasteiger charge is 2.59. The molecule has 11 heavy (non-hydrogen) atoms. The molecule has 2 aliphatic carbocycles. The normalized spacial score (nSPS) is 26.2. The molecule has 0 aromatic carbocycles. The van der Waals surface area contributed by atoms with Gasteiger partial charge in [-0.2, -0.15) is 0 Å². The number of Topliss-reactive ketones (excluding diaryl/α,β-unsaturated/α-hetero) is 1. The van der Waals surface area contributed by atoms with Crippen LogP contribution in [0.15, 0.2) is 0 Å². The number of ketones is 1. The molecule has 0 bridgehead atoms. The molecule has 2 fully saturated rings. The van der Waals surface area contributed by atoms with E-state index in [4.69, 9.17) is 5.11 Å². The van der Waals surface area contributed by atoms with Crippen LogP contribution in [0.4, 0.5) is 0 Å². The third kappa shape index (κ3) is 0.870. The van der Waals surface area contributed by atoms with Crippen molar-refractivity contribution in [3.63, 3.8) is 0 Å². The zero-order chi connectivity index (χ0) is 8.06. The summed E-state index contributed by atoms with van der Waals surface area (Å²) < 4.78 is 0. The maximum absolute atomic E-state index is 11.4. The quantitative estimate of drug-likeness (QED) is 0.612. The van der Waals surface area contributed by atoms with Gasteiger partial charge in [0.1, 0.15) is 5.41 Å². The van der Waals surface area contributed by atoms with Gasteiger partial charge in [0.25, 0.3) is 0 Å². The average molecular weight is 154 g/mol. The first-order valence-electron chi connectivity index (χ1n) is 3.94. The van der Waals surface area contributed by atoms with Gasteiger partial charge < -0.3 is 5.11 Å². The number of carbonyl (C=O) groups is 2. The molecule has 0 radical (unpaired) electrons. The highest BCUT2D eigenvalue weighted by atomic mass is 16.4. The van der Waals surface area contributed by atoms with E-state index in [2.05, 4.69) is 0 Å². The van der Waals surface area contributed by atoms with Crippen molar-refractivity contribution in [1.29, 1.82) is 0 Å². The Morgan fingerprint density at radius 2 is 1.82 bits per heavy atom. The number of aliphatic carboxylic acids is 1. The topological polar surface area (TPSA) is 54.4 Å². The van der Waals surface area contributed by atoms with Gasteiger partial charge >= 0.3 is 5.97 Å². The number of carbonyl (C=O) groups excluding carboxylic acids is 1. The van der Waals surface area contributed by atoms with E-state index in [1.54, 1.807) is 0 Å². The summed E-state index contributed by atoms with van der Waals surface area (Å²) in [6.07, 6.45) is 2.96. The van der Waals surface area contributed by atoms with Gasteiger partial charge in [0, 0.05) is 5.92 Å². The minimum Gasteiger partial charge on any atom is -0.480 e. The Kier molecular flexibility index (Phi) is 1.14. The molecule has 0 aromatic heterocycles. The minimum absolute atomic E-state index is 0.00926. The lowest BCUT2D eigenvalue weighted by Gasteiger charge is -2.05. The van der Waals surface area contributed by atoms with Crippen LogP contribution in [0.1, 0.15) is 25.7 Å². The van der Waals surface area contributed by atoms with E-state index in [1.807, 2.05) is 0 Å². The summed E-state index contributed by atoms with van der Waals surface area (Å²) in [5.41, 5.74) is -0.929. The monoisotopic (exact) mass is 154 g/mol. The highest BCUT2D eigenvalue weighted by molar-refractivity contribution is 6.07. The molecular weight excluding hydrogens is 144 g/mol. The van der Waals surface area contributed by atoms with Crippen LogP contribution in [0.5, 0.6) is 0 Å². The van der Waals surface area contributed by atoms with E-state index in [1.165, 1.54) is 0 Å². The Morgan fingerprint density at radius 3 is 2.09 bits per heavy atom. The van der Waals surface area contributed by atoms with Crippen molar-refractivity contribution in [3.05, 3.63) is 0 Å². The lowest BCUT2D eigenvalue weighted by Crippen LogP contribution is -2.26. The van der Waals surface area contributed by atoms with Crippen LogP contribution in [-0.4, -0.2) is 16.9 Å². The molecule has 0 amide bonds. The molecule has 3 nitrogen and oxygen atoms in total. The standard InChI is InChI=1S/C8H10O3/c9-6(5-1-2-5)8(3-4-8)7(10)11/h5H,1-4H2,(H,10,11). The number of carboxylic acid groups (broad SMARTS) is 1. The number of rotatable bonds is 3. The predicted octanol–water partition coefficient (Wildman–Crippen LogP) is 0.830. The van der Waals surface area contributed by atoms with Gasteiger partial charge in [-0.15, -0.1) is 0 Å². The summed E-state index contributed by atoms with van der Waals surface area (Å²) in [5.74, 6) is -0.826. The van der Waals surface area contributed by atoms with Gasteiger partial charge in [0.05, 0.1) is 0 Å². The first kappa shape index (κ1) is 6.83. The molecule has 0 aliphatic heterocycles. The molecule has 2 rings (SSSR count). The largest absolute Gasteiger partial charge is 0.480 e. The van der Waals surface area contributed by atoms with Gasteiger partial charge in [0.15, 0.2) is 5.78 Å². The van der Waals surface area contributed by atoms with Crippen molar-refractivity contribution in [2.45, 2.75) is 25.7 Å². The summed E-state index contributed by atoms with van der Waals surface area (Å²) >= 11 is 0. The molecule has 0 unspecified atom stereocenters. The summed E-state index contributed by atoms with van der Waals surface area (Å²) in [7, 11) is 0. The van der Waals surface area contributed by atoms with Gasteiger partial charge in [-0.05, 0) is 25.7 Å². The van der Waals surface area contributed by atoms with E-state index in [0.717, 1.165) is 12.8 Å². The fraction of sp³-hybridized carbons (Fsp3) is 0.750. The first-order chi connectivity index (χ1) is 5.17. The van der Waals surface area contributed by atoms with Crippen molar-refractivity contribution in [2.75, 3.05) is 0 Å². The SMILES string of the molecule is O=C(O)C1(C(=O)C2CC2)CC1. The molecule has 60 valence electrons. The smallest absolute Gasteiger partial charge is 0.317 e. The van der Waals surface area contributed by atoms with Crippen LogP contribution in [0.25, 0.3) is 0 Å². The number of carboxylic acids is 1. The lowest BCUT2D eigenvalue weighted by molar-refractivity contribution is -0.148. The van der Waals surface area contributed by atoms with Crippen LogP contribution in [0.3, 0.4) is 0 Å². The zero-order valence-corrected chi connectivity index (χ0v) is 6.17. The predicted molar refractivity (Wildman–Crippen MR) is 37.0 cm³/mol. The molecule has 0 aromatic rings. The minimum atomic E-state index is -0.929. The highest BCUT2D eigenvalue weighted by Crippen LogP contribution is 2.52. The summed E-state index contributed by atoms with van der Waals surface area (Å²) in [5, 5.41) is 8.73. The van der Waals surface area contributed by atoms with E-state index < -0.39 is 11.4 Å². The molecule has 3 heteroatoms. The van der Waals surface area contributed by atoms with Gasteiger partial charge in [-0.25, -0.2) is 0 Å². The van der Waals surface area contributed by atoms with Crippen LogP contribution < -0.4 is 0 Å². The second kappa shape index (κ2) is 1.84. The van der Waals surface area contributed by atoms with Crippen LogP contribution >= 0.6 is 0 Å². The van der Waals surface area contributed by atoms with Crippen LogP contribution in [0.2, 0.25) is 0 Å². The molecule has 0 heterocycles. The fourth-order valence-electron chi connectivity index (χ4n) is 1.43. The lowest BCUT2D eigenvalue weighted by atomic mass is 9.98. The zero-order valence-electron chi connectivity index (χ0n) is 6.17. The molecule has 0 saturated heterocycles. The fourth-order valence-corrected chi connectivity index (χ4v) is 1.43. The van der Waals surface area contributed by atoms with Crippen molar-refractivity contribution in [1.82, 2.24) is 0 Å². The van der Waals surface area contributed by atoms with Gasteiger partial charge in [-0.1, -0.05) is 0 Å². The van der Waals surface area contributed by atoms with E-state index in [9.17, 15) is 9.59 Å². The second-order valence-corrected chi connectivity index (χ2v) is 3.53. The maximum Gasteiger partial charge on any atom is 0.317 e. The summed E-state index contributed by atoms with van der Waals surface area (Å²) in [6, 6.07) is 0. The van der Waals surface area contributed by atoms with Crippen molar-refractivity contribution in [3.8, 4) is 0 Å². The molecule has 0 spiro atoms. The molecule has 1 N–H and O–H groups in total. The third-order valence-electron chi connectivity index (χ3n) is 2.58. The molecule has 2 saturated carbocycles. The van der Waals surface area contributed by atoms with Gasteiger partial charge in [-0.3, -0.25) is 9.59 Å². The Hall–Kier alpha value is -0.860. The maximum atomic E-state index is 11.4. The molecule has 0 atom stereocenters. The van der Waals surface area contributed by atoms with E-state index in [-0.39, 0.29) is 11.7 Å². The second-order valence-electron chi connectivity index (χ2n) is 3.53. The van der Waals surface area contributed by atoms with Crippen molar-refractivity contribution < 1.29 is 14.7 Å². The van der Waals surface area contributed by atoms with Crippen molar-refractivity contribution >= 4 is 11.8 Å². The molecular formula is C8H10O3. The summed E-state index contributed by atoms with van der Waals surface area (Å²) in [4.78, 5) is 22.0. The van der Waals surface area contributed by atoms with E-state index >= 15 is 0 Å².